The molecule has 3 aliphatic carbocycles. The van der Waals surface area contributed by atoms with Crippen molar-refractivity contribution < 1.29 is 0 Å². The van der Waals surface area contributed by atoms with Crippen molar-refractivity contribution in [1.82, 2.24) is 5.32 Å². The fraction of sp³-hybridized carbons (Fsp3) is 1.00. The van der Waals surface area contributed by atoms with Gasteiger partial charge in [-0.05, 0) is 50.0 Å². The maximum atomic E-state index is 3.81. The van der Waals surface area contributed by atoms with Crippen molar-refractivity contribution in [3.8, 4) is 0 Å². The molecule has 3 fully saturated rings. The summed E-state index contributed by atoms with van der Waals surface area (Å²) in [5, 5.41) is 3.81. The topological polar surface area (TPSA) is 12.0 Å². The van der Waals surface area contributed by atoms with Crippen LogP contribution in [-0.4, -0.2) is 12.6 Å². The van der Waals surface area contributed by atoms with E-state index in [1.807, 2.05) is 0 Å². The summed E-state index contributed by atoms with van der Waals surface area (Å²) in [4.78, 5) is 0. The molecule has 3 rings (SSSR count). The Kier molecular flexibility index (Phi) is 4.62. The fourth-order valence-electron chi connectivity index (χ4n) is 4.45. The van der Waals surface area contributed by atoms with Crippen LogP contribution < -0.4 is 5.32 Å². The Morgan fingerprint density at radius 3 is 2.06 bits per heavy atom. The zero-order chi connectivity index (χ0) is 12.2. The van der Waals surface area contributed by atoms with Crippen LogP contribution in [0.25, 0.3) is 0 Å². The van der Waals surface area contributed by atoms with Gasteiger partial charge in [0.2, 0.25) is 0 Å². The van der Waals surface area contributed by atoms with Gasteiger partial charge in [0.1, 0.15) is 0 Å². The second-order valence-electron chi connectivity index (χ2n) is 7.14. The summed E-state index contributed by atoms with van der Waals surface area (Å²) in [6.45, 7) is 1.34. The zero-order valence-electron chi connectivity index (χ0n) is 12.0. The predicted octanol–water partition coefficient (Wildman–Crippen LogP) is 4.52. The van der Waals surface area contributed by atoms with Crippen LogP contribution in [0.1, 0.15) is 77.0 Å². The summed E-state index contributed by atoms with van der Waals surface area (Å²) in [5.74, 6) is 3.17. The molecule has 0 saturated heterocycles. The third kappa shape index (κ3) is 3.50. The standard InChI is InChI=1S/C17H31N/c1-2-4-8-14(7-3-1)17-10-6-5-9-15(17)13-18-16-11-12-16/h14-18H,1-13H2. The smallest absolute Gasteiger partial charge is 0.00683 e. The average Bonchev–Trinajstić information content (AvgIpc) is 3.24. The molecule has 0 amide bonds. The second kappa shape index (κ2) is 6.41. The van der Waals surface area contributed by atoms with Gasteiger partial charge in [0.25, 0.3) is 0 Å². The van der Waals surface area contributed by atoms with E-state index >= 15 is 0 Å². The molecule has 0 aromatic heterocycles. The Morgan fingerprint density at radius 2 is 1.33 bits per heavy atom. The van der Waals surface area contributed by atoms with Crippen molar-refractivity contribution in [3.05, 3.63) is 0 Å². The second-order valence-corrected chi connectivity index (χ2v) is 7.14. The van der Waals surface area contributed by atoms with E-state index in [0.717, 1.165) is 23.8 Å². The normalized spacial score (nSPS) is 35.3. The lowest BCUT2D eigenvalue weighted by atomic mass is 9.70. The van der Waals surface area contributed by atoms with Gasteiger partial charge in [-0.15, -0.1) is 0 Å². The van der Waals surface area contributed by atoms with E-state index in [0.29, 0.717) is 0 Å². The average molecular weight is 249 g/mol. The largest absolute Gasteiger partial charge is 0.314 e. The van der Waals surface area contributed by atoms with Crippen molar-refractivity contribution in [2.24, 2.45) is 17.8 Å². The lowest BCUT2D eigenvalue weighted by molar-refractivity contribution is 0.144. The van der Waals surface area contributed by atoms with Crippen LogP contribution in [0.4, 0.5) is 0 Å². The van der Waals surface area contributed by atoms with Gasteiger partial charge in [0.15, 0.2) is 0 Å². The molecule has 1 nitrogen and oxygen atoms in total. The molecule has 3 saturated carbocycles. The third-order valence-electron chi connectivity index (χ3n) is 5.72. The van der Waals surface area contributed by atoms with Crippen LogP contribution >= 0.6 is 0 Å². The van der Waals surface area contributed by atoms with Gasteiger partial charge >= 0.3 is 0 Å². The molecule has 1 N–H and O–H groups in total. The lowest BCUT2D eigenvalue weighted by Crippen LogP contribution is -2.35. The van der Waals surface area contributed by atoms with E-state index in [2.05, 4.69) is 5.32 Å². The van der Waals surface area contributed by atoms with Crippen molar-refractivity contribution in [2.45, 2.75) is 83.1 Å². The van der Waals surface area contributed by atoms with E-state index < -0.39 is 0 Å². The Labute approximate surface area is 113 Å². The Bertz CT molecular complexity index is 238. The predicted molar refractivity (Wildman–Crippen MR) is 77.7 cm³/mol. The molecule has 1 heteroatoms. The zero-order valence-corrected chi connectivity index (χ0v) is 12.0. The summed E-state index contributed by atoms with van der Waals surface area (Å²) >= 11 is 0. The van der Waals surface area contributed by atoms with Crippen molar-refractivity contribution in [2.75, 3.05) is 6.54 Å². The van der Waals surface area contributed by atoms with E-state index in [1.54, 1.807) is 19.3 Å². The van der Waals surface area contributed by atoms with Crippen LogP contribution in [0.3, 0.4) is 0 Å². The highest BCUT2D eigenvalue weighted by molar-refractivity contribution is 4.87. The summed E-state index contributed by atoms with van der Waals surface area (Å²) < 4.78 is 0. The van der Waals surface area contributed by atoms with Crippen LogP contribution in [0.2, 0.25) is 0 Å². The maximum absolute atomic E-state index is 3.81. The highest BCUT2D eigenvalue weighted by Crippen LogP contribution is 2.41. The molecule has 0 bridgehead atoms. The van der Waals surface area contributed by atoms with E-state index in [4.69, 9.17) is 0 Å². The SMILES string of the molecule is C1CCCC(C2CCCCC2CNC2CC2)CC1. The Morgan fingerprint density at radius 1 is 0.667 bits per heavy atom. The molecule has 0 aromatic rings. The molecular weight excluding hydrogens is 218 g/mol. The minimum Gasteiger partial charge on any atom is -0.314 e. The number of hydrogen-bond donors (Lipinski definition) is 1. The highest BCUT2D eigenvalue weighted by Gasteiger charge is 2.32. The van der Waals surface area contributed by atoms with Crippen molar-refractivity contribution in [1.29, 1.82) is 0 Å². The van der Waals surface area contributed by atoms with Crippen LogP contribution in [-0.2, 0) is 0 Å². The van der Waals surface area contributed by atoms with Gasteiger partial charge in [0.05, 0.1) is 0 Å². The summed E-state index contributed by atoms with van der Waals surface area (Å²) in [6, 6.07) is 0.904. The van der Waals surface area contributed by atoms with E-state index in [9.17, 15) is 0 Å². The van der Waals surface area contributed by atoms with Gasteiger partial charge in [-0.25, -0.2) is 0 Å². The molecule has 104 valence electrons. The summed E-state index contributed by atoms with van der Waals surface area (Å²) in [5.41, 5.74) is 0. The Balaban J connectivity index is 1.54. The van der Waals surface area contributed by atoms with Crippen molar-refractivity contribution in [3.63, 3.8) is 0 Å². The first kappa shape index (κ1) is 13.0. The lowest BCUT2D eigenvalue weighted by Gasteiger charge is -2.37. The molecule has 0 aromatic carbocycles. The van der Waals surface area contributed by atoms with E-state index in [-0.39, 0.29) is 0 Å². The maximum Gasteiger partial charge on any atom is 0.00683 e. The molecular formula is C17H31N. The van der Waals surface area contributed by atoms with Gasteiger partial charge in [0, 0.05) is 6.04 Å². The minimum absolute atomic E-state index is 0.904. The quantitative estimate of drug-likeness (QED) is 0.723. The fourth-order valence-corrected chi connectivity index (χ4v) is 4.45. The third-order valence-corrected chi connectivity index (χ3v) is 5.72. The monoisotopic (exact) mass is 249 g/mol. The molecule has 0 heterocycles. The molecule has 2 atom stereocenters. The van der Waals surface area contributed by atoms with Crippen molar-refractivity contribution >= 4 is 0 Å². The number of rotatable bonds is 4. The highest BCUT2D eigenvalue weighted by atomic mass is 14.9. The minimum atomic E-state index is 0.904. The molecule has 2 unspecified atom stereocenters. The number of hydrogen-bond acceptors (Lipinski definition) is 1. The van der Waals surface area contributed by atoms with Gasteiger partial charge in [-0.3, -0.25) is 0 Å². The summed E-state index contributed by atoms with van der Waals surface area (Å²) in [6.07, 6.45) is 18.1. The van der Waals surface area contributed by atoms with Gasteiger partial charge < -0.3 is 5.32 Å². The Hall–Kier alpha value is -0.0400. The van der Waals surface area contributed by atoms with E-state index in [1.165, 1.54) is 64.3 Å². The molecule has 3 aliphatic rings. The molecule has 0 aliphatic heterocycles. The van der Waals surface area contributed by atoms with Crippen LogP contribution in [0.5, 0.6) is 0 Å². The summed E-state index contributed by atoms with van der Waals surface area (Å²) in [7, 11) is 0. The first-order chi connectivity index (χ1) is 8.93. The first-order valence-corrected chi connectivity index (χ1v) is 8.67. The van der Waals surface area contributed by atoms with Gasteiger partial charge in [-0.2, -0.15) is 0 Å². The van der Waals surface area contributed by atoms with Crippen LogP contribution in [0, 0.1) is 17.8 Å². The van der Waals surface area contributed by atoms with Crippen LogP contribution in [0.15, 0.2) is 0 Å². The molecule has 18 heavy (non-hydrogen) atoms. The molecule has 0 spiro atoms. The molecule has 0 radical (unpaired) electrons. The van der Waals surface area contributed by atoms with Gasteiger partial charge in [-0.1, -0.05) is 51.4 Å². The first-order valence-electron chi connectivity index (χ1n) is 8.67. The number of nitrogens with one attached hydrogen (secondary N) is 1.